The Balaban J connectivity index is 1.87. The monoisotopic (exact) mass is 545 g/mol. The zero-order valence-corrected chi connectivity index (χ0v) is 20.0. The predicted molar refractivity (Wildman–Crippen MR) is 126 cm³/mol. The van der Waals surface area contributed by atoms with Gasteiger partial charge in [0.15, 0.2) is 11.5 Å². The molecule has 0 radical (unpaired) electrons. The summed E-state index contributed by atoms with van der Waals surface area (Å²) in [6, 6.07) is 17.5. The summed E-state index contributed by atoms with van der Waals surface area (Å²) in [4.78, 5) is 0. The number of allylic oxidation sites excluding steroid dienone is 1. The molecule has 0 N–H and O–H groups in total. The lowest BCUT2D eigenvalue weighted by Gasteiger charge is -2.12. The molecule has 0 aromatic heterocycles. The minimum absolute atomic E-state index is 0.221. The van der Waals surface area contributed by atoms with Crippen LogP contribution in [-0.2, 0) is 6.61 Å². The number of benzene rings is 3. The highest BCUT2D eigenvalue weighted by Gasteiger charge is 2.12. The molecule has 0 heterocycles. The van der Waals surface area contributed by atoms with Crippen LogP contribution in [0.1, 0.15) is 16.7 Å². The molecule has 7 heteroatoms. The standard InChI is InChI=1S/C24H18Br2FNO3/c1-29-22-7-6-17(12-23(22)30-2)18(13-28)8-16-10-20(25)24(21(26)11-16)31-14-15-4-3-5-19(27)9-15/h3-12H,14H2,1-2H3/b18-8+. The third-order valence-corrected chi connectivity index (χ3v) is 5.60. The smallest absolute Gasteiger partial charge is 0.161 e. The fourth-order valence-electron chi connectivity index (χ4n) is 2.93. The van der Waals surface area contributed by atoms with Crippen molar-refractivity contribution in [3.63, 3.8) is 0 Å². The zero-order chi connectivity index (χ0) is 22.4. The molecule has 0 unspecified atom stereocenters. The Kier molecular flexibility index (Phi) is 7.72. The highest BCUT2D eigenvalue weighted by molar-refractivity contribution is 9.11. The lowest BCUT2D eigenvalue weighted by molar-refractivity contribution is 0.301. The highest BCUT2D eigenvalue weighted by Crippen LogP contribution is 2.37. The van der Waals surface area contributed by atoms with Gasteiger partial charge in [-0.1, -0.05) is 12.1 Å². The first-order valence-corrected chi connectivity index (χ1v) is 10.7. The third-order valence-electron chi connectivity index (χ3n) is 4.42. The topological polar surface area (TPSA) is 51.5 Å². The van der Waals surface area contributed by atoms with E-state index in [0.29, 0.717) is 37.3 Å². The zero-order valence-electron chi connectivity index (χ0n) is 16.8. The molecule has 4 nitrogen and oxygen atoms in total. The number of halogens is 3. The summed E-state index contributed by atoms with van der Waals surface area (Å²) in [7, 11) is 3.11. The summed E-state index contributed by atoms with van der Waals surface area (Å²) >= 11 is 7.04. The molecular formula is C24H18Br2FNO3. The maximum atomic E-state index is 13.4. The molecule has 31 heavy (non-hydrogen) atoms. The van der Waals surface area contributed by atoms with Crippen LogP contribution in [0.3, 0.4) is 0 Å². The second-order valence-electron chi connectivity index (χ2n) is 6.47. The number of hydrogen-bond donors (Lipinski definition) is 0. The van der Waals surface area contributed by atoms with Crippen LogP contribution in [0.25, 0.3) is 11.6 Å². The molecule has 3 rings (SSSR count). The molecule has 0 saturated carbocycles. The van der Waals surface area contributed by atoms with E-state index in [1.807, 2.05) is 12.1 Å². The van der Waals surface area contributed by atoms with E-state index in [1.54, 1.807) is 50.6 Å². The second kappa shape index (κ2) is 10.5. The number of nitrogens with zero attached hydrogens (tertiary/aromatic N) is 1. The minimum Gasteiger partial charge on any atom is -0.493 e. The molecule has 0 spiro atoms. The van der Waals surface area contributed by atoms with Crippen LogP contribution in [0.2, 0.25) is 0 Å². The third kappa shape index (κ3) is 5.66. The van der Waals surface area contributed by atoms with Gasteiger partial charge in [-0.2, -0.15) is 5.26 Å². The summed E-state index contributed by atoms with van der Waals surface area (Å²) in [6.07, 6.45) is 1.77. The van der Waals surface area contributed by atoms with Crippen molar-refractivity contribution in [1.29, 1.82) is 5.26 Å². The van der Waals surface area contributed by atoms with E-state index in [1.165, 1.54) is 12.1 Å². The lowest BCUT2D eigenvalue weighted by Crippen LogP contribution is -1.98. The molecule has 3 aromatic rings. The van der Waals surface area contributed by atoms with Gasteiger partial charge in [-0.15, -0.1) is 0 Å². The minimum atomic E-state index is -0.307. The van der Waals surface area contributed by atoms with Crippen LogP contribution in [0.5, 0.6) is 17.2 Å². The molecule has 0 atom stereocenters. The van der Waals surface area contributed by atoms with Crippen LogP contribution < -0.4 is 14.2 Å². The molecule has 3 aromatic carbocycles. The normalized spacial score (nSPS) is 11.0. The van der Waals surface area contributed by atoms with Crippen LogP contribution in [0.4, 0.5) is 4.39 Å². The average Bonchev–Trinajstić information content (AvgIpc) is 2.76. The largest absolute Gasteiger partial charge is 0.493 e. The van der Waals surface area contributed by atoms with Gasteiger partial charge < -0.3 is 14.2 Å². The first-order chi connectivity index (χ1) is 14.9. The van der Waals surface area contributed by atoms with E-state index in [2.05, 4.69) is 37.9 Å². The van der Waals surface area contributed by atoms with Gasteiger partial charge in [0.25, 0.3) is 0 Å². The maximum Gasteiger partial charge on any atom is 0.161 e. The summed E-state index contributed by atoms with van der Waals surface area (Å²) in [5.74, 6) is 1.42. The number of ether oxygens (including phenoxy) is 3. The van der Waals surface area contributed by atoms with Crippen molar-refractivity contribution >= 4 is 43.5 Å². The van der Waals surface area contributed by atoms with Gasteiger partial charge in [0.05, 0.1) is 34.8 Å². The summed E-state index contributed by atoms with van der Waals surface area (Å²) in [5, 5.41) is 9.69. The number of nitriles is 1. The van der Waals surface area contributed by atoms with Crippen molar-refractivity contribution in [2.45, 2.75) is 6.61 Å². The number of hydrogen-bond acceptors (Lipinski definition) is 4. The van der Waals surface area contributed by atoms with Crippen LogP contribution >= 0.6 is 31.9 Å². The molecule has 158 valence electrons. The first-order valence-electron chi connectivity index (χ1n) is 9.15. The van der Waals surface area contributed by atoms with Crippen LogP contribution in [0, 0.1) is 17.1 Å². The quantitative estimate of drug-likeness (QED) is 0.236. The molecule has 0 saturated heterocycles. The number of rotatable bonds is 7. The fourth-order valence-corrected chi connectivity index (χ4v) is 4.38. The molecule has 0 amide bonds. The van der Waals surface area contributed by atoms with Gasteiger partial charge >= 0.3 is 0 Å². The van der Waals surface area contributed by atoms with E-state index >= 15 is 0 Å². The van der Waals surface area contributed by atoms with Gasteiger partial charge in [0.1, 0.15) is 18.2 Å². The SMILES string of the molecule is COc1ccc(/C(C#N)=C/c2cc(Br)c(OCc3cccc(F)c3)c(Br)c2)cc1OC. The van der Waals surface area contributed by atoms with Crippen molar-refractivity contribution < 1.29 is 18.6 Å². The van der Waals surface area contributed by atoms with Crippen molar-refractivity contribution in [1.82, 2.24) is 0 Å². The molecule has 0 fully saturated rings. The van der Waals surface area contributed by atoms with Gasteiger partial charge in [-0.05, 0) is 97.1 Å². The van der Waals surface area contributed by atoms with Gasteiger partial charge in [-0.3, -0.25) is 0 Å². The molecule has 0 aliphatic heterocycles. The first kappa shape index (κ1) is 22.9. The van der Waals surface area contributed by atoms with Crippen molar-refractivity contribution in [3.8, 4) is 23.3 Å². The Hall–Kier alpha value is -2.82. The maximum absolute atomic E-state index is 13.4. The average molecular weight is 547 g/mol. The fraction of sp³-hybridized carbons (Fsp3) is 0.125. The molecule has 0 aliphatic carbocycles. The molecule has 0 aliphatic rings. The Morgan fingerprint density at radius 3 is 2.32 bits per heavy atom. The van der Waals surface area contributed by atoms with Gasteiger partial charge in [0, 0.05) is 0 Å². The van der Waals surface area contributed by atoms with E-state index in [4.69, 9.17) is 14.2 Å². The Labute approximate surface area is 197 Å². The van der Waals surface area contributed by atoms with Crippen molar-refractivity contribution in [3.05, 3.63) is 86.1 Å². The number of methoxy groups -OCH3 is 2. The Morgan fingerprint density at radius 2 is 1.71 bits per heavy atom. The second-order valence-corrected chi connectivity index (χ2v) is 8.18. The van der Waals surface area contributed by atoms with E-state index in [0.717, 1.165) is 11.1 Å². The van der Waals surface area contributed by atoms with E-state index in [-0.39, 0.29) is 12.4 Å². The molecular weight excluding hydrogens is 529 g/mol. The highest BCUT2D eigenvalue weighted by atomic mass is 79.9. The molecule has 0 bridgehead atoms. The lowest BCUT2D eigenvalue weighted by atomic mass is 10.0. The predicted octanol–water partition coefficient (Wildman–Crippen LogP) is 7.01. The van der Waals surface area contributed by atoms with Crippen molar-refractivity contribution in [2.75, 3.05) is 14.2 Å². The van der Waals surface area contributed by atoms with Crippen LogP contribution in [0.15, 0.2) is 63.5 Å². The van der Waals surface area contributed by atoms with E-state index in [9.17, 15) is 9.65 Å². The van der Waals surface area contributed by atoms with Crippen LogP contribution in [-0.4, -0.2) is 14.2 Å². The Morgan fingerprint density at radius 1 is 1.00 bits per heavy atom. The summed E-state index contributed by atoms with van der Waals surface area (Å²) in [6.45, 7) is 0.221. The summed E-state index contributed by atoms with van der Waals surface area (Å²) < 4.78 is 31.2. The summed E-state index contributed by atoms with van der Waals surface area (Å²) in [5.41, 5.74) is 2.69. The van der Waals surface area contributed by atoms with Gasteiger partial charge in [0.2, 0.25) is 0 Å². The van der Waals surface area contributed by atoms with Gasteiger partial charge in [-0.25, -0.2) is 4.39 Å². The Bertz CT molecular complexity index is 1150. The van der Waals surface area contributed by atoms with E-state index < -0.39 is 0 Å². The van der Waals surface area contributed by atoms with Crippen molar-refractivity contribution in [2.24, 2.45) is 0 Å².